The lowest BCUT2D eigenvalue weighted by atomic mass is 10.00. The topological polar surface area (TPSA) is 89.1 Å². The van der Waals surface area contributed by atoms with Crippen molar-refractivity contribution in [3.8, 4) is 17.2 Å². The number of carbonyl (C=O) groups excluding carboxylic acids is 1. The Morgan fingerprint density at radius 1 is 1.09 bits per heavy atom. The standard InChI is InChI=1S/C37H44FN5O4/c1-6-7-12-27-14-16-31(33(21-27)45-5)43(37(44)47-35-25(2)10-8-11-26(35)3)34-18-19-39-36(41-34)40-29-15-17-32(30(38)22-29)46-24-28-13-9-20-42(4)23-28/h8,10-11,14-19,21-22,28H,6-7,9,12-13,20,23-24H2,1-5H3,(H,39,40,41). The molecule has 1 aromatic heterocycles. The summed E-state index contributed by atoms with van der Waals surface area (Å²) in [4.78, 5) is 26.6. The summed E-state index contributed by atoms with van der Waals surface area (Å²) in [6, 6.07) is 17.7. The molecule has 1 atom stereocenters. The summed E-state index contributed by atoms with van der Waals surface area (Å²) in [5.41, 5.74) is 3.65. The molecule has 9 nitrogen and oxygen atoms in total. The molecule has 5 rings (SSSR count). The van der Waals surface area contributed by atoms with E-state index in [0.717, 1.165) is 61.9 Å². The molecule has 1 aliphatic heterocycles. The van der Waals surface area contributed by atoms with E-state index in [0.29, 0.717) is 35.4 Å². The van der Waals surface area contributed by atoms with Gasteiger partial charge in [-0.15, -0.1) is 0 Å². The number of piperidine rings is 1. The second-order valence-corrected chi connectivity index (χ2v) is 12.1. The van der Waals surface area contributed by atoms with Crippen LogP contribution in [0.3, 0.4) is 0 Å². The number of ether oxygens (including phenoxy) is 3. The van der Waals surface area contributed by atoms with Crippen LogP contribution in [0.1, 0.15) is 49.3 Å². The number of nitrogens with one attached hydrogen (secondary N) is 1. The Morgan fingerprint density at radius 2 is 1.89 bits per heavy atom. The highest BCUT2D eigenvalue weighted by Gasteiger charge is 2.27. The van der Waals surface area contributed by atoms with Gasteiger partial charge in [0.05, 0.1) is 19.4 Å². The van der Waals surface area contributed by atoms with Crippen molar-refractivity contribution in [1.82, 2.24) is 14.9 Å². The van der Waals surface area contributed by atoms with Crippen LogP contribution in [-0.4, -0.2) is 54.8 Å². The minimum absolute atomic E-state index is 0.171. The second kappa shape index (κ2) is 15.7. The first-order valence-corrected chi connectivity index (χ1v) is 16.2. The minimum Gasteiger partial charge on any atom is -0.495 e. The van der Waals surface area contributed by atoms with Crippen molar-refractivity contribution in [1.29, 1.82) is 0 Å². The zero-order chi connectivity index (χ0) is 33.3. The Hall–Kier alpha value is -4.70. The van der Waals surface area contributed by atoms with E-state index in [9.17, 15) is 4.79 Å². The molecule has 1 N–H and O–H groups in total. The summed E-state index contributed by atoms with van der Waals surface area (Å²) in [7, 11) is 3.66. The fourth-order valence-corrected chi connectivity index (χ4v) is 5.83. The van der Waals surface area contributed by atoms with Gasteiger partial charge in [-0.25, -0.2) is 19.1 Å². The van der Waals surface area contributed by atoms with Gasteiger partial charge in [0.1, 0.15) is 17.3 Å². The van der Waals surface area contributed by atoms with Crippen LogP contribution in [0.2, 0.25) is 0 Å². The summed E-state index contributed by atoms with van der Waals surface area (Å²) >= 11 is 0. The van der Waals surface area contributed by atoms with Gasteiger partial charge in [0.15, 0.2) is 11.6 Å². The number of aryl methyl sites for hydroxylation is 3. The van der Waals surface area contributed by atoms with Crippen molar-refractivity contribution >= 4 is 29.2 Å². The smallest absolute Gasteiger partial charge is 0.425 e. The average molecular weight is 642 g/mol. The molecular weight excluding hydrogens is 597 g/mol. The normalized spacial score (nSPS) is 14.8. The van der Waals surface area contributed by atoms with Crippen LogP contribution >= 0.6 is 0 Å². The lowest BCUT2D eigenvalue weighted by molar-refractivity contribution is 0.147. The molecule has 0 bridgehead atoms. The number of aromatic nitrogens is 2. The summed E-state index contributed by atoms with van der Waals surface area (Å²) in [5.74, 6) is 1.48. The fraction of sp³-hybridized carbons (Fsp3) is 0.378. The second-order valence-electron chi connectivity index (χ2n) is 12.1. The predicted molar refractivity (Wildman–Crippen MR) is 183 cm³/mol. The summed E-state index contributed by atoms with van der Waals surface area (Å²) < 4.78 is 32.7. The van der Waals surface area contributed by atoms with Gasteiger partial charge in [-0.2, -0.15) is 4.98 Å². The van der Waals surface area contributed by atoms with Gasteiger partial charge in [-0.3, -0.25) is 0 Å². The number of amides is 1. The number of carbonyl (C=O) groups is 1. The van der Waals surface area contributed by atoms with Crippen molar-refractivity contribution in [2.24, 2.45) is 5.92 Å². The molecule has 0 radical (unpaired) electrons. The molecule has 47 heavy (non-hydrogen) atoms. The van der Waals surface area contributed by atoms with E-state index in [4.69, 9.17) is 14.2 Å². The van der Waals surface area contributed by atoms with E-state index >= 15 is 4.39 Å². The molecule has 10 heteroatoms. The quantitative estimate of drug-likeness (QED) is 0.165. The number of likely N-dealkylation sites (tertiary alicyclic amines) is 1. The molecular formula is C37H44FN5O4. The lowest BCUT2D eigenvalue weighted by Gasteiger charge is -2.29. The fourth-order valence-electron chi connectivity index (χ4n) is 5.83. The monoisotopic (exact) mass is 641 g/mol. The third kappa shape index (κ3) is 8.56. The van der Waals surface area contributed by atoms with E-state index in [1.165, 1.54) is 17.2 Å². The third-order valence-corrected chi connectivity index (χ3v) is 8.34. The Kier molecular flexibility index (Phi) is 11.3. The van der Waals surface area contributed by atoms with Crippen LogP contribution in [0.5, 0.6) is 17.2 Å². The maximum Gasteiger partial charge on any atom is 0.425 e. The van der Waals surface area contributed by atoms with Gasteiger partial charge < -0.3 is 24.4 Å². The van der Waals surface area contributed by atoms with E-state index in [1.54, 1.807) is 25.3 Å². The van der Waals surface area contributed by atoms with Gasteiger partial charge in [-0.05, 0) is 94.1 Å². The Labute approximate surface area is 276 Å². The van der Waals surface area contributed by atoms with Gasteiger partial charge in [0, 0.05) is 36.5 Å². The molecule has 2 heterocycles. The van der Waals surface area contributed by atoms with Gasteiger partial charge >= 0.3 is 6.09 Å². The SMILES string of the molecule is CCCCc1ccc(N(C(=O)Oc2c(C)cccc2C)c2ccnc(Nc3ccc(OCC4CCCN(C)C4)c(F)c3)n2)c(OC)c1. The first-order chi connectivity index (χ1) is 22.7. The molecule has 248 valence electrons. The molecule has 3 aromatic carbocycles. The number of hydrogen-bond acceptors (Lipinski definition) is 8. The van der Waals surface area contributed by atoms with Crippen LogP contribution < -0.4 is 24.4 Å². The van der Waals surface area contributed by atoms with Crippen molar-refractivity contribution in [2.75, 3.05) is 44.1 Å². The van der Waals surface area contributed by atoms with E-state index < -0.39 is 11.9 Å². The maximum absolute atomic E-state index is 15.1. The zero-order valence-electron chi connectivity index (χ0n) is 27.9. The van der Waals surface area contributed by atoms with E-state index in [-0.39, 0.29) is 17.5 Å². The summed E-state index contributed by atoms with van der Waals surface area (Å²) in [6.07, 6.45) is 6.04. The number of unbranched alkanes of at least 4 members (excludes halogenated alkanes) is 1. The van der Waals surface area contributed by atoms with E-state index in [2.05, 4.69) is 34.2 Å². The molecule has 4 aromatic rings. The highest BCUT2D eigenvalue weighted by atomic mass is 19.1. The van der Waals surface area contributed by atoms with Crippen LogP contribution in [0.4, 0.5) is 32.3 Å². The number of nitrogens with zero attached hydrogens (tertiary/aromatic N) is 4. The highest BCUT2D eigenvalue weighted by Crippen LogP contribution is 2.36. The first kappa shape index (κ1) is 33.7. The number of halogens is 1. The van der Waals surface area contributed by atoms with Crippen LogP contribution in [0.15, 0.2) is 66.9 Å². The molecule has 1 aliphatic rings. The Bertz CT molecular complexity index is 1660. The van der Waals surface area contributed by atoms with Crippen molar-refractivity contribution in [2.45, 2.75) is 52.9 Å². The molecule has 0 aliphatic carbocycles. The molecule has 1 amide bonds. The summed E-state index contributed by atoms with van der Waals surface area (Å²) in [6.45, 7) is 8.42. The Morgan fingerprint density at radius 3 is 2.62 bits per heavy atom. The Balaban J connectivity index is 1.41. The third-order valence-electron chi connectivity index (χ3n) is 8.34. The van der Waals surface area contributed by atoms with Crippen LogP contribution in [0, 0.1) is 25.6 Å². The zero-order valence-corrected chi connectivity index (χ0v) is 27.9. The van der Waals surface area contributed by atoms with Gasteiger partial charge in [0.2, 0.25) is 5.95 Å². The molecule has 0 spiro atoms. The largest absolute Gasteiger partial charge is 0.495 e. The number of rotatable bonds is 12. The van der Waals surface area contributed by atoms with Crippen molar-refractivity contribution < 1.29 is 23.4 Å². The highest BCUT2D eigenvalue weighted by molar-refractivity contribution is 5.98. The lowest BCUT2D eigenvalue weighted by Crippen LogP contribution is -2.34. The van der Waals surface area contributed by atoms with Gasteiger partial charge in [0.25, 0.3) is 0 Å². The summed E-state index contributed by atoms with van der Waals surface area (Å²) in [5, 5.41) is 3.06. The molecule has 1 unspecified atom stereocenters. The predicted octanol–water partition coefficient (Wildman–Crippen LogP) is 8.39. The van der Waals surface area contributed by atoms with Gasteiger partial charge in [-0.1, -0.05) is 37.6 Å². The molecule has 1 fully saturated rings. The van der Waals surface area contributed by atoms with Crippen LogP contribution in [0.25, 0.3) is 0 Å². The minimum atomic E-state index is -0.664. The number of para-hydroxylation sites is 1. The molecule has 1 saturated heterocycles. The number of hydrogen-bond donors (Lipinski definition) is 1. The van der Waals surface area contributed by atoms with Crippen molar-refractivity contribution in [3.05, 3.63) is 89.4 Å². The number of methoxy groups -OCH3 is 1. The van der Waals surface area contributed by atoms with E-state index in [1.807, 2.05) is 50.2 Å². The maximum atomic E-state index is 15.1. The van der Waals surface area contributed by atoms with Crippen molar-refractivity contribution in [3.63, 3.8) is 0 Å². The number of anilines is 4. The van der Waals surface area contributed by atoms with Crippen LogP contribution in [-0.2, 0) is 6.42 Å². The average Bonchev–Trinajstić information content (AvgIpc) is 3.06. The first-order valence-electron chi connectivity index (χ1n) is 16.2. The molecule has 0 saturated carbocycles. The number of benzene rings is 3.